The van der Waals surface area contributed by atoms with Crippen molar-refractivity contribution < 1.29 is 33.8 Å². The predicted octanol–water partition coefficient (Wildman–Crippen LogP) is 8.36. The number of carboxylic acids is 1. The average Bonchev–Trinajstić information content (AvgIpc) is 3.33. The van der Waals surface area contributed by atoms with E-state index in [0.717, 1.165) is 60.2 Å². The first kappa shape index (κ1) is 38.4. The number of carbonyl (C=O) groups excluding carboxylic acids is 3. The Labute approximate surface area is 290 Å². The van der Waals surface area contributed by atoms with Crippen LogP contribution < -0.4 is 0 Å². The molecule has 0 spiro atoms. The van der Waals surface area contributed by atoms with Crippen LogP contribution in [0.4, 0.5) is 0 Å². The van der Waals surface area contributed by atoms with Crippen molar-refractivity contribution in [3.8, 4) is 0 Å². The number of aliphatic carboxylic acids is 1. The van der Waals surface area contributed by atoms with Crippen LogP contribution in [0, 0.1) is 46.3 Å². The standard InChI is InChI=1S/C40H65NO7/c1-26(2)11-9-12-27(3)31-17-18-32-30-16-15-28-23-29(19-21-39(28,7)33(30)20-22-40(31,32)8)47-36(45)24-41(25-37(46)48-38(4,5)6)34(42)13-10-14-35(43)44/h15,26-27,29-33H,9-14,16-25H2,1-8H3,(H,43,44)/t27-,29+,30+,31-,32+,33+,39+,40-/m1/s1. The Morgan fingerprint density at radius 3 is 2.29 bits per heavy atom. The number of nitrogens with zero attached hydrogens (tertiary/aromatic N) is 1. The average molecular weight is 672 g/mol. The summed E-state index contributed by atoms with van der Waals surface area (Å²) < 4.78 is 11.4. The third-order valence-corrected chi connectivity index (χ3v) is 12.8. The molecule has 48 heavy (non-hydrogen) atoms. The van der Waals surface area contributed by atoms with Gasteiger partial charge in [-0.1, -0.05) is 65.5 Å². The molecule has 0 aromatic rings. The molecule has 0 aromatic carbocycles. The fourth-order valence-electron chi connectivity index (χ4n) is 10.4. The molecular weight excluding hydrogens is 606 g/mol. The van der Waals surface area contributed by atoms with E-state index in [1.165, 1.54) is 50.5 Å². The van der Waals surface area contributed by atoms with Gasteiger partial charge >= 0.3 is 17.9 Å². The van der Waals surface area contributed by atoms with E-state index in [1.807, 2.05) is 0 Å². The summed E-state index contributed by atoms with van der Waals surface area (Å²) in [5.74, 6) is 2.01. The largest absolute Gasteiger partial charge is 0.481 e. The summed E-state index contributed by atoms with van der Waals surface area (Å²) in [5.41, 5.74) is 1.28. The molecule has 272 valence electrons. The summed E-state index contributed by atoms with van der Waals surface area (Å²) in [6, 6.07) is 0. The minimum Gasteiger partial charge on any atom is -0.481 e. The Kier molecular flexibility index (Phi) is 12.5. The topological polar surface area (TPSA) is 110 Å². The lowest BCUT2D eigenvalue weighted by Crippen LogP contribution is -2.51. The third kappa shape index (κ3) is 9.24. The first-order valence-corrected chi connectivity index (χ1v) is 19.0. The Morgan fingerprint density at radius 1 is 0.917 bits per heavy atom. The van der Waals surface area contributed by atoms with Gasteiger partial charge < -0.3 is 19.5 Å². The van der Waals surface area contributed by atoms with Gasteiger partial charge in [0.1, 0.15) is 24.8 Å². The molecule has 0 aliphatic heterocycles. The number of esters is 2. The summed E-state index contributed by atoms with van der Waals surface area (Å²) in [7, 11) is 0. The van der Waals surface area contributed by atoms with E-state index in [0.29, 0.717) is 11.3 Å². The fourth-order valence-corrected chi connectivity index (χ4v) is 10.4. The number of hydrogen-bond acceptors (Lipinski definition) is 6. The molecule has 4 aliphatic carbocycles. The van der Waals surface area contributed by atoms with E-state index >= 15 is 0 Å². The lowest BCUT2D eigenvalue weighted by Gasteiger charge is -2.58. The molecule has 1 N–H and O–H groups in total. The molecule has 8 nitrogen and oxygen atoms in total. The van der Waals surface area contributed by atoms with Crippen LogP contribution in [0.5, 0.6) is 0 Å². The maximum Gasteiger partial charge on any atom is 0.326 e. The molecule has 3 fully saturated rings. The van der Waals surface area contributed by atoms with Crippen molar-refractivity contribution in [3.05, 3.63) is 11.6 Å². The second kappa shape index (κ2) is 15.7. The van der Waals surface area contributed by atoms with Gasteiger partial charge in [-0.25, -0.2) is 0 Å². The molecule has 8 atom stereocenters. The van der Waals surface area contributed by atoms with Gasteiger partial charge in [0.05, 0.1) is 0 Å². The highest BCUT2D eigenvalue weighted by molar-refractivity contribution is 5.86. The van der Waals surface area contributed by atoms with Gasteiger partial charge in [-0.2, -0.15) is 0 Å². The minimum atomic E-state index is -0.995. The summed E-state index contributed by atoms with van der Waals surface area (Å²) in [6.07, 6.45) is 15.2. The van der Waals surface area contributed by atoms with Crippen LogP contribution in [-0.2, 0) is 28.7 Å². The van der Waals surface area contributed by atoms with E-state index < -0.39 is 29.4 Å². The predicted molar refractivity (Wildman–Crippen MR) is 187 cm³/mol. The van der Waals surface area contributed by atoms with Gasteiger partial charge in [0.25, 0.3) is 0 Å². The van der Waals surface area contributed by atoms with Gasteiger partial charge in [0.15, 0.2) is 0 Å². The summed E-state index contributed by atoms with van der Waals surface area (Å²) in [6.45, 7) is 16.8. The van der Waals surface area contributed by atoms with Crippen LogP contribution in [0.1, 0.15) is 145 Å². The lowest BCUT2D eigenvalue weighted by atomic mass is 9.47. The highest BCUT2D eigenvalue weighted by Gasteiger charge is 2.59. The van der Waals surface area contributed by atoms with Crippen LogP contribution in [0.25, 0.3) is 0 Å². The lowest BCUT2D eigenvalue weighted by molar-refractivity contribution is -0.162. The van der Waals surface area contributed by atoms with Crippen molar-refractivity contribution in [2.45, 2.75) is 157 Å². The maximum absolute atomic E-state index is 13.2. The molecule has 8 heteroatoms. The number of ether oxygens (including phenoxy) is 2. The summed E-state index contributed by atoms with van der Waals surface area (Å²) >= 11 is 0. The first-order valence-electron chi connectivity index (χ1n) is 19.0. The van der Waals surface area contributed by atoms with Gasteiger partial charge in [-0.15, -0.1) is 0 Å². The maximum atomic E-state index is 13.2. The number of allylic oxidation sites excluding steroid dienone is 1. The van der Waals surface area contributed by atoms with Crippen LogP contribution in [0.2, 0.25) is 0 Å². The van der Waals surface area contributed by atoms with Gasteiger partial charge in [-0.3, -0.25) is 19.2 Å². The van der Waals surface area contributed by atoms with Crippen LogP contribution in [0.3, 0.4) is 0 Å². The molecule has 0 bridgehead atoms. The fraction of sp³-hybridized carbons (Fsp3) is 0.850. The Hall–Kier alpha value is -2.38. The van der Waals surface area contributed by atoms with E-state index in [-0.39, 0.29) is 43.9 Å². The minimum absolute atomic E-state index is 0.0720. The molecule has 0 aromatic heterocycles. The van der Waals surface area contributed by atoms with Crippen molar-refractivity contribution in [2.24, 2.45) is 46.3 Å². The van der Waals surface area contributed by atoms with Crippen LogP contribution in [0.15, 0.2) is 11.6 Å². The molecule has 1 amide bonds. The van der Waals surface area contributed by atoms with Gasteiger partial charge in [0, 0.05) is 19.3 Å². The number of hydrogen-bond donors (Lipinski definition) is 1. The Balaban J connectivity index is 1.37. The zero-order chi connectivity index (χ0) is 35.4. The third-order valence-electron chi connectivity index (χ3n) is 12.8. The van der Waals surface area contributed by atoms with Crippen molar-refractivity contribution >= 4 is 23.8 Å². The number of amides is 1. The number of rotatable bonds is 14. The van der Waals surface area contributed by atoms with Crippen LogP contribution in [-0.4, -0.2) is 58.6 Å². The van der Waals surface area contributed by atoms with E-state index in [2.05, 4.69) is 40.7 Å². The molecule has 3 saturated carbocycles. The zero-order valence-electron chi connectivity index (χ0n) is 31.3. The molecule has 0 unspecified atom stereocenters. The quantitative estimate of drug-likeness (QED) is 0.146. The summed E-state index contributed by atoms with van der Waals surface area (Å²) in [5, 5.41) is 8.97. The van der Waals surface area contributed by atoms with Crippen LogP contribution >= 0.6 is 0 Å². The Bertz CT molecular complexity index is 1200. The van der Waals surface area contributed by atoms with E-state index in [1.54, 1.807) is 20.8 Å². The molecule has 0 radical (unpaired) electrons. The van der Waals surface area contributed by atoms with Crippen molar-refractivity contribution in [3.63, 3.8) is 0 Å². The van der Waals surface area contributed by atoms with Gasteiger partial charge in [-0.05, 0) is 118 Å². The number of carboxylic acid groups (broad SMARTS) is 1. The molecule has 4 aliphatic rings. The molecule has 4 rings (SSSR count). The second-order valence-electron chi connectivity index (χ2n) is 17.7. The van der Waals surface area contributed by atoms with Crippen molar-refractivity contribution in [1.29, 1.82) is 0 Å². The normalized spacial score (nSPS) is 31.9. The van der Waals surface area contributed by atoms with E-state index in [9.17, 15) is 19.2 Å². The SMILES string of the molecule is CC(C)CCC[C@@H](C)[C@H]1CC[C@H]2[C@@H]3CC=C4C[C@@H](OC(=O)CN(CC(=O)OC(C)(C)C)C(=O)CCCC(=O)O)CC[C@]4(C)[C@H]3CC[C@]12C. The molecule has 0 saturated heterocycles. The molecular formula is C40H65NO7. The van der Waals surface area contributed by atoms with Crippen molar-refractivity contribution in [2.75, 3.05) is 13.1 Å². The Morgan fingerprint density at radius 2 is 1.62 bits per heavy atom. The second-order valence-corrected chi connectivity index (χ2v) is 17.7. The number of carbonyl (C=O) groups is 4. The highest BCUT2D eigenvalue weighted by Crippen LogP contribution is 2.67. The highest BCUT2D eigenvalue weighted by atomic mass is 16.6. The zero-order valence-corrected chi connectivity index (χ0v) is 31.3. The molecule has 0 heterocycles. The number of fused-ring (bicyclic) bond motifs is 5. The van der Waals surface area contributed by atoms with E-state index in [4.69, 9.17) is 14.6 Å². The first-order chi connectivity index (χ1) is 22.4. The summed E-state index contributed by atoms with van der Waals surface area (Å²) in [4.78, 5) is 50.8. The smallest absolute Gasteiger partial charge is 0.326 e. The van der Waals surface area contributed by atoms with Crippen molar-refractivity contribution in [1.82, 2.24) is 4.90 Å². The van der Waals surface area contributed by atoms with Gasteiger partial charge in [0.2, 0.25) is 5.91 Å². The monoisotopic (exact) mass is 671 g/mol.